The van der Waals surface area contributed by atoms with Crippen LogP contribution in [0, 0.1) is 11.8 Å². The molecule has 1 spiro atoms. The molecule has 3 aromatic rings. The van der Waals surface area contributed by atoms with Gasteiger partial charge in [0.2, 0.25) is 5.91 Å². The fraction of sp³-hybridized carbons (Fsp3) is 0.487. The number of hydrogen-bond acceptors (Lipinski definition) is 8. The number of aliphatic carboxylic acids is 1. The molecule has 1 amide bonds. The van der Waals surface area contributed by atoms with Gasteiger partial charge in [0.25, 0.3) is 0 Å². The number of carbonyl (C=O) groups is 2. The van der Waals surface area contributed by atoms with Crippen molar-refractivity contribution in [1.82, 2.24) is 4.90 Å². The number of nitrogens with one attached hydrogen (secondary N) is 1. The van der Waals surface area contributed by atoms with Crippen molar-refractivity contribution in [3.8, 4) is 17.2 Å². The van der Waals surface area contributed by atoms with E-state index in [0.29, 0.717) is 35.7 Å². The third-order valence-electron chi connectivity index (χ3n) is 10.9. The molecule has 2 unspecified atom stereocenters. The molecule has 4 aliphatic rings. The summed E-state index contributed by atoms with van der Waals surface area (Å²) in [6, 6.07) is 18.6. The maximum atomic E-state index is 13.1. The quantitative estimate of drug-likeness (QED) is 0.188. The van der Waals surface area contributed by atoms with Crippen molar-refractivity contribution in [3.05, 3.63) is 82.9 Å². The maximum absolute atomic E-state index is 13.1. The normalized spacial score (nSPS) is 26.0. The Balaban J connectivity index is 0.000000252. The van der Waals surface area contributed by atoms with E-state index in [0.717, 1.165) is 43.5 Å². The van der Waals surface area contributed by atoms with E-state index in [2.05, 4.69) is 37.2 Å². The fourth-order valence-electron chi connectivity index (χ4n) is 8.63. The molecule has 2 aliphatic heterocycles. The number of amides is 1. The summed E-state index contributed by atoms with van der Waals surface area (Å²) in [6.07, 6.45) is 3.37. The molecule has 2 heterocycles. The Labute approximate surface area is 299 Å². The van der Waals surface area contributed by atoms with E-state index >= 15 is 0 Å². The number of phosphoric acid groups is 1. The number of carboxylic acid groups (broad SMARTS) is 1. The minimum absolute atomic E-state index is 0.179. The molecule has 1 saturated heterocycles. The summed E-state index contributed by atoms with van der Waals surface area (Å²) in [5.74, 6) is 1.24. The van der Waals surface area contributed by atoms with Gasteiger partial charge in [0.1, 0.15) is 18.0 Å². The molecule has 51 heavy (non-hydrogen) atoms. The Morgan fingerprint density at radius 2 is 1.76 bits per heavy atom. The minimum atomic E-state index is -4.46. The van der Waals surface area contributed by atoms with Gasteiger partial charge in [-0.3, -0.25) is 19.0 Å². The van der Waals surface area contributed by atoms with E-state index in [1.165, 1.54) is 35.7 Å². The number of carboxylic acids is 1. The van der Waals surface area contributed by atoms with Crippen LogP contribution < -0.4 is 19.3 Å². The third-order valence-corrected chi connectivity index (χ3v) is 11.9. The van der Waals surface area contributed by atoms with Crippen molar-refractivity contribution in [2.45, 2.75) is 89.4 Å². The molecule has 2 aliphatic carbocycles. The van der Waals surface area contributed by atoms with Crippen LogP contribution >= 0.6 is 7.82 Å². The number of benzene rings is 3. The molecule has 11 nitrogen and oxygen atoms in total. The number of methoxy groups -OCH3 is 1. The maximum Gasteiger partial charge on any atom is 0.527 e. The molecular weight excluding hydrogens is 671 g/mol. The van der Waals surface area contributed by atoms with Crippen molar-refractivity contribution in [2.24, 2.45) is 11.8 Å². The Kier molecular flexibility index (Phi) is 10.6. The van der Waals surface area contributed by atoms with Gasteiger partial charge in [-0.15, -0.1) is 0 Å². The molecule has 274 valence electrons. The van der Waals surface area contributed by atoms with Crippen molar-refractivity contribution in [2.75, 3.05) is 26.0 Å². The van der Waals surface area contributed by atoms with E-state index in [9.17, 15) is 19.0 Å². The zero-order valence-electron chi connectivity index (χ0n) is 30.1. The Bertz CT molecular complexity index is 1800. The predicted octanol–water partition coefficient (Wildman–Crippen LogP) is 6.96. The number of likely N-dealkylation sites (tertiary alicyclic amines) is 1. The summed E-state index contributed by atoms with van der Waals surface area (Å²) in [4.78, 5) is 35.2. The van der Waals surface area contributed by atoms with E-state index in [1.807, 2.05) is 30.3 Å². The first-order chi connectivity index (χ1) is 24.2. The number of phosphoric ester groups is 1. The van der Waals surface area contributed by atoms with Crippen LogP contribution in [0.4, 0.5) is 5.69 Å². The first-order valence-corrected chi connectivity index (χ1v) is 19.2. The lowest BCUT2D eigenvalue weighted by Gasteiger charge is -2.58. The Morgan fingerprint density at radius 3 is 2.39 bits per heavy atom. The fourth-order valence-corrected chi connectivity index (χ4v) is 9.62. The molecule has 12 heteroatoms. The van der Waals surface area contributed by atoms with Gasteiger partial charge >= 0.3 is 13.8 Å². The van der Waals surface area contributed by atoms with Crippen molar-refractivity contribution >= 4 is 25.4 Å². The zero-order valence-corrected chi connectivity index (χ0v) is 31.0. The molecule has 0 radical (unpaired) electrons. The van der Waals surface area contributed by atoms with Gasteiger partial charge in [-0.1, -0.05) is 44.2 Å². The zero-order chi connectivity index (χ0) is 36.7. The molecule has 3 N–H and O–H groups in total. The van der Waals surface area contributed by atoms with Crippen LogP contribution in [0.5, 0.6) is 17.2 Å². The monoisotopic (exact) mass is 720 g/mol. The number of piperidine rings is 1. The molecule has 1 saturated carbocycles. The number of hydrogen-bond donors (Lipinski definition) is 3. The van der Waals surface area contributed by atoms with Crippen LogP contribution in [0.3, 0.4) is 0 Å². The summed E-state index contributed by atoms with van der Waals surface area (Å²) >= 11 is 0. The molecule has 7 rings (SSSR count). The van der Waals surface area contributed by atoms with E-state index in [1.54, 1.807) is 26.2 Å². The average molecular weight is 721 g/mol. The van der Waals surface area contributed by atoms with Gasteiger partial charge in [-0.2, -0.15) is 0 Å². The van der Waals surface area contributed by atoms with Crippen LogP contribution in [0.15, 0.2) is 60.7 Å². The molecule has 7 atom stereocenters. The highest BCUT2D eigenvalue weighted by atomic mass is 31.2. The number of carbonyl (C=O) groups excluding carboxylic acids is 1. The number of nitrogens with zero attached hydrogens (tertiary/aromatic N) is 1. The van der Waals surface area contributed by atoms with Crippen molar-refractivity contribution < 1.29 is 42.7 Å². The number of ether oxygens (including phenoxy) is 2. The topological polar surface area (TPSA) is 144 Å². The second-order valence-corrected chi connectivity index (χ2v) is 16.0. The summed E-state index contributed by atoms with van der Waals surface area (Å²) in [5.41, 5.74) is 4.90. The highest BCUT2D eigenvalue weighted by Gasteiger charge is 2.66. The minimum Gasteiger partial charge on any atom is -0.493 e. The second kappa shape index (κ2) is 14.6. The van der Waals surface area contributed by atoms with Crippen LogP contribution in [-0.2, 0) is 36.9 Å². The van der Waals surface area contributed by atoms with Gasteiger partial charge in [0.05, 0.1) is 13.0 Å². The third kappa shape index (κ3) is 7.40. The van der Waals surface area contributed by atoms with E-state index in [-0.39, 0.29) is 17.1 Å². The van der Waals surface area contributed by atoms with Crippen LogP contribution in [0.25, 0.3) is 0 Å². The SMILES string of the molecule is CC(C)Cc1ccc(C(C)C(=O)O)cc1.COc1ccc2c3c1O[C@H]1[C@@H](OP(=O)(O)Oc4ccc(NC(C)=O)cc4)CC[C@H]4[C@@H](C2)N(C)CC[C@@]341. The van der Waals surface area contributed by atoms with Crippen molar-refractivity contribution in [1.29, 1.82) is 0 Å². The summed E-state index contributed by atoms with van der Waals surface area (Å²) in [6.45, 7) is 8.40. The smallest absolute Gasteiger partial charge is 0.493 e. The first-order valence-electron chi connectivity index (χ1n) is 17.7. The van der Waals surface area contributed by atoms with E-state index in [4.69, 9.17) is 23.6 Å². The van der Waals surface area contributed by atoms with Crippen LogP contribution in [0.2, 0.25) is 0 Å². The summed E-state index contributed by atoms with van der Waals surface area (Å²) in [5, 5.41) is 11.5. The van der Waals surface area contributed by atoms with Crippen LogP contribution in [0.1, 0.15) is 75.1 Å². The lowest BCUT2D eigenvalue weighted by atomic mass is 9.51. The molecule has 2 fully saturated rings. The number of rotatable bonds is 10. The number of likely N-dealkylation sites (N-methyl/N-ethyl adjacent to an activating group) is 1. The predicted molar refractivity (Wildman–Crippen MR) is 194 cm³/mol. The molecule has 2 bridgehead atoms. The highest BCUT2D eigenvalue weighted by molar-refractivity contribution is 7.47. The summed E-state index contributed by atoms with van der Waals surface area (Å²) in [7, 11) is -0.635. The van der Waals surface area contributed by atoms with Gasteiger partial charge < -0.3 is 29.3 Å². The second-order valence-electron chi connectivity index (χ2n) is 14.7. The average Bonchev–Trinajstić information content (AvgIpc) is 3.43. The number of anilines is 1. The van der Waals surface area contributed by atoms with E-state index < -0.39 is 31.9 Å². The van der Waals surface area contributed by atoms with Gasteiger partial charge in [-0.25, -0.2) is 4.57 Å². The lowest BCUT2D eigenvalue weighted by molar-refractivity contribution is -0.138. The van der Waals surface area contributed by atoms with Crippen molar-refractivity contribution in [3.63, 3.8) is 0 Å². The highest BCUT2D eigenvalue weighted by Crippen LogP contribution is 2.65. The molecule has 0 aromatic heterocycles. The Morgan fingerprint density at radius 1 is 1.06 bits per heavy atom. The van der Waals surface area contributed by atoms with Gasteiger partial charge in [0, 0.05) is 29.6 Å². The largest absolute Gasteiger partial charge is 0.527 e. The lowest BCUT2D eigenvalue weighted by Crippen LogP contribution is -2.66. The first kappa shape index (κ1) is 36.9. The van der Waals surface area contributed by atoms with Gasteiger partial charge in [-0.05, 0) is 111 Å². The molecular formula is C39H49N2O9P. The Hall–Kier alpha value is -3.89. The van der Waals surface area contributed by atoms with Gasteiger partial charge in [0.15, 0.2) is 11.5 Å². The van der Waals surface area contributed by atoms with Crippen LogP contribution in [-0.4, -0.2) is 65.7 Å². The molecule has 3 aromatic carbocycles. The standard InChI is InChI=1S/C26H31N2O7P.C13H18O2/c1-15(29)27-17-5-7-18(8-6-17)34-36(30,31)35-22-11-9-19-20-14-16-4-10-21(32-3)24-23(16)26(19,25(22)33-24)12-13-28(20)2;1-9(2)8-11-4-6-12(7-5-11)10(3)13(14)15/h4-8,10,19-20,22,25H,9,11-14H2,1-3H3,(H,27,29)(H,30,31);4-7,9-10H,8H2,1-3H3,(H,14,15)/t19-,20+,22-,25-,26-;/m0./s1. The summed E-state index contributed by atoms with van der Waals surface area (Å²) < 4.78 is 36.7.